The maximum absolute atomic E-state index is 12.3. The Morgan fingerprint density at radius 2 is 1.84 bits per heavy atom. The first kappa shape index (κ1) is 22.7. The van der Waals surface area contributed by atoms with Crippen LogP contribution in [0.3, 0.4) is 0 Å². The van der Waals surface area contributed by atoms with Gasteiger partial charge in [-0.05, 0) is 69.2 Å². The van der Waals surface area contributed by atoms with Crippen molar-refractivity contribution < 1.29 is 14.3 Å². The van der Waals surface area contributed by atoms with Crippen LogP contribution >= 0.6 is 11.8 Å². The minimum absolute atomic E-state index is 0.104. The lowest BCUT2D eigenvalue weighted by Crippen LogP contribution is -2.15. The maximum Gasteiger partial charge on any atom is 0.234 e. The Bertz CT molecular complexity index is 1020. The summed E-state index contributed by atoms with van der Waals surface area (Å²) in [7, 11) is 0. The molecule has 1 aromatic heterocycles. The van der Waals surface area contributed by atoms with Crippen molar-refractivity contribution in [3.8, 4) is 11.5 Å². The Hall–Kier alpha value is -3.00. The van der Waals surface area contributed by atoms with Gasteiger partial charge in [0.1, 0.15) is 18.1 Å². The molecule has 31 heavy (non-hydrogen) atoms. The highest BCUT2D eigenvalue weighted by atomic mass is 32.2. The Balaban J connectivity index is 1.56. The number of hydrogen-bond donors (Lipinski definition) is 1. The second-order valence-corrected chi connectivity index (χ2v) is 7.94. The lowest BCUT2D eigenvalue weighted by Gasteiger charge is -2.11. The number of aromatic nitrogens is 3. The topological polar surface area (TPSA) is 78.3 Å². The van der Waals surface area contributed by atoms with Crippen molar-refractivity contribution in [1.29, 1.82) is 0 Å². The lowest BCUT2D eigenvalue weighted by molar-refractivity contribution is -0.113. The fourth-order valence-electron chi connectivity index (χ4n) is 2.98. The summed E-state index contributed by atoms with van der Waals surface area (Å²) in [6.45, 7) is 9.64. The van der Waals surface area contributed by atoms with Crippen molar-refractivity contribution in [3.63, 3.8) is 0 Å². The molecule has 7 nitrogen and oxygen atoms in total. The van der Waals surface area contributed by atoms with Crippen molar-refractivity contribution in [1.82, 2.24) is 14.8 Å². The minimum atomic E-state index is -0.104. The Labute approximate surface area is 187 Å². The van der Waals surface area contributed by atoms with Crippen molar-refractivity contribution in [3.05, 3.63) is 59.4 Å². The van der Waals surface area contributed by atoms with E-state index in [4.69, 9.17) is 9.47 Å². The number of carbonyl (C=O) groups is 1. The molecule has 0 aliphatic rings. The van der Waals surface area contributed by atoms with Crippen molar-refractivity contribution in [2.75, 3.05) is 17.7 Å². The van der Waals surface area contributed by atoms with Gasteiger partial charge in [0.2, 0.25) is 5.91 Å². The van der Waals surface area contributed by atoms with Crippen molar-refractivity contribution in [2.24, 2.45) is 0 Å². The molecule has 0 saturated heterocycles. The molecule has 0 atom stereocenters. The van der Waals surface area contributed by atoms with Gasteiger partial charge in [-0.3, -0.25) is 4.79 Å². The predicted molar refractivity (Wildman–Crippen MR) is 123 cm³/mol. The minimum Gasteiger partial charge on any atom is -0.494 e. The summed E-state index contributed by atoms with van der Waals surface area (Å²) in [6, 6.07) is 13.4. The molecule has 1 N–H and O–H groups in total. The summed E-state index contributed by atoms with van der Waals surface area (Å²) in [6.07, 6.45) is 0. The number of benzene rings is 2. The number of nitrogens with one attached hydrogen (secondary N) is 1. The smallest absolute Gasteiger partial charge is 0.234 e. The number of amides is 1. The largest absolute Gasteiger partial charge is 0.494 e. The van der Waals surface area contributed by atoms with Crippen LogP contribution in [0, 0.1) is 13.8 Å². The van der Waals surface area contributed by atoms with Crippen molar-refractivity contribution >= 4 is 23.4 Å². The van der Waals surface area contributed by atoms with Gasteiger partial charge in [-0.25, -0.2) is 0 Å². The number of carbonyl (C=O) groups excluding carboxylic acids is 1. The SMILES string of the molecule is CCOc1ccc(NC(=O)CSc2nnc(COc3cc(C)ccc3C)n2CC)cc1. The summed E-state index contributed by atoms with van der Waals surface area (Å²) in [5, 5.41) is 12.1. The number of anilines is 1. The fraction of sp³-hybridized carbons (Fsp3) is 0.348. The second-order valence-electron chi connectivity index (χ2n) is 6.99. The van der Waals surface area contributed by atoms with Crippen LogP contribution in [-0.2, 0) is 17.9 Å². The Morgan fingerprint density at radius 1 is 1.06 bits per heavy atom. The Kier molecular flexibility index (Phi) is 7.94. The highest BCUT2D eigenvalue weighted by Gasteiger charge is 2.14. The van der Waals surface area contributed by atoms with Crippen LogP contribution in [0.5, 0.6) is 11.5 Å². The zero-order chi connectivity index (χ0) is 22.2. The molecule has 0 bridgehead atoms. The molecule has 1 amide bonds. The third kappa shape index (κ3) is 6.24. The van der Waals surface area contributed by atoms with Gasteiger partial charge >= 0.3 is 0 Å². The van der Waals surface area contributed by atoms with Gasteiger partial charge in [-0.2, -0.15) is 0 Å². The summed E-state index contributed by atoms with van der Waals surface area (Å²) in [4.78, 5) is 12.3. The van der Waals surface area contributed by atoms with E-state index in [9.17, 15) is 4.79 Å². The summed E-state index contributed by atoms with van der Waals surface area (Å²) >= 11 is 1.36. The molecule has 0 unspecified atom stereocenters. The molecule has 164 valence electrons. The van der Waals surface area contributed by atoms with Gasteiger partial charge in [0.05, 0.1) is 12.4 Å². The van der Waals surface area contributed by atoms with Crippen LogP contribution in [0.15, 0.2) is 47.6 Å². The van der Waals surface area contributed by atoms with E-state index in [-0.39, 0.29) is 11.7 Å². The molecular formula is C23H28N4O3S. The first-order valence-electron chi connectivity index (χ1n) is 10.3. The molecule has 1 heterocycles. The van der Waals surface area contributed by atoms with E-state index < -0.39 is 0 Å². The Morgan fingerprint density at radius 3 is 2.55 bits per heavy atom. The summed E-state index contributed by atoms with van der Waals surface area (Å²) < 4.78 is 13.4. The van der Waals surface area contributed by atoms with E-state index in [2.05, 4.69) is 21.6 Å². The molecule has 0 spiro atoms. The zero-order valence-corrected chi connectivity index (χ0v) is 19.2. The molecule has 3 aromatic rings. The van der Waals surface area contributed by atoms with Gasteiger partial charge in [-0.1, -0.05) is 23.9 Å². The van der Waals surface area contributed by atoms with E-state index in [1.807, 2.05) is 68.7 Å². The quantitative estimate of drug-likeness (QED) is 0.464. The van der Waals surface area contributed by atoms with Gasteiger partial charge in [0.15, 0.2) is 11.0 Å². The number of ether oxygens (including phenoxy) is 2. The zero-order valence-electron chi connectivity index (χ0n) is 18.3. The molecule has 0 fully saturated rings. The number of nitrogens with zero attached hydrogens (tertiary/aromatic N) is 3. The van der Waals surface area contributed by atoms with E-state index in [0.717, 1.165) is 34.1 Å². The first-order valence-corrected chi connectivity index (χ1v) is 11.3. The van der Waals surface area contributed by atoms with E-state index in [1.165, 1.54) is 11.8 Å². The van der Waals surface area contributed by atoms with Crippen molar-refractivity contribution in [2.45, 2.75) is 46.0 Å². The van der Waals surface area contributed by atoms with Crippen LogP contribution in [0.4, 0.5) is 5.69 Å². The third-order valence-electron chi connectivity index (χ3n) is 4.59. The van der Waals surface area contributed by atoms with Gasteiger partial charge in [0, 0.05) is 12.2 Å². The van der Waals surface area contributed by atoms with E-state index in [1.54, 1.807) is 0 Å². The maximum atomic E-state index is 12.3. The highest BCUT2D eigenvalue weighted by molar-refractivity contribution is 7.99. The molecule has 0 aliphatic carbocycles. The third-order valence-corrected chi connectivity index (χ3v) is 5.56. The second kappa shape index (κ2) is 10.9. The van der Waals surface area contributed by atoms with E-state index in [0.29, 0.717) is 24.9 Å². The number of aryl methyl sites for hydroxylation is 2. The van der Waals surface area contributed by atoms with Gasteiger partial charge in [0.25, 0.3) is 0 Å². The summed E-state index contributed by atoms with van der Waals surface area (Å²) in [5.74, 6) is 2.49. The lowest BCUT2D eigenvalue weighted by atomic mass is 10.1. The normalized spacial score (nSPS) is 10.7. The van der Waals surface area contributed by atoms with Crippen LogP contribution in [0.2, 0.25) is 0 Å². The molecular weight excluding hydrogens is 412 g/mol. The molecule has 0 saturated carbocycles. The predicted octanol–water partition coefficient (Wildman–Crippen LogP) is 4.62. The number of rotatable bonds is 10. The summed E-state index contributed by atoms with van der Waals surface area (Å²) in [5.41, 5.74) is 2.95. The fourth-order valence-corrected chi connectivity index (χ4v) is 3.80. The highest BCUT2D eigenvalue weighted by Crippen LogP contribution is 2.22. The number of hydrogen-bond acceptors (Lipinski definition) is 6. The average Bonchev–Trinajstić information content (AvgIpc) is 3.16. The standard InChI is InChI=1S/C23H28N4O3S/c1-5-27-21(14-30-20-13-16(3)7-8-17(20)4)25-26-23(27)31-15-22(28)24-18-9-11-19(12-10-18)29-6-2/h7-13H,5-6,14-15H2,1-4H3,(H,24,28). The van der Waals surface area contributed by atoms with Crippen LogP contribution in [-0.4, -0.2) is 33.0 Å². The van der Waals surface area contributed by atoms with Gasteiger partial charge in [-0.15, -0.1) is 10.2 Å². The molecule has 0 aliphatic heterocycles. The first-order chi connectivity index (χ1) is 15.0. The van der Waals surface area contributed by atoms with Crippen LogP contribution in [0.25, 0.3) is 0 Å². The van der Waals surface area contributed by atoms with E-state index >= 15 is 0 Å². The van der Waals surface area contributed by atoms with Gasteiger partial charge < -0.3 is 19.4 Å². The van der Waals surface area contributed by atoms with Crippen LogP contribution < -0.4 is 14.8 Å². The van der Waals surface area contributed by atoms with Crippen LogP contribution in [0.1, 0.15) is 30.8 Å². The molecule has 3 rings (SSSR count). The average molecular weight is 441 g/mol. The molecule has 2 aromatic carbocycles. The monoisotopic (exact) mass is 440 g/mol. The molecule has 8 heteroatoms. The molecule has 0 radical (unpaired) electrons. The number of thioether (sulfide) groups is 1.